The van der Waals surface area contributed by atoms with Gasteiger partial charge in [-0.15, -0.1) is 0 Å². The number of halogens is 2. The van der Waals surface area contributed by atoms with Crippen LogP contribution in [0.4, 0.5) is 8.78 Å². The maximum absolute atomic E-state index is 14.5. The standard InChI is InChI=1S/C33H44F2N2O4/c1-26(2)11-13-32(37-25(40)31(8,34)35)14-12-29(6)22(18(32)16-26)19(38)15-21-28(29,5)10-9-20-27(3,4)23(39)33(17-36)24(41-33)30(20,21)7/h15,18,20,22,24H,9-14,16H2,1-8H3,(H,37,40). The molecule has 5 aliphatic carbocycles. The number of amides is 1. The molecule has 9 unspecified atom stereocenters. The maximum Gasteiger partial charge on any atom is 0.321 e. The molecule has 1 N–H and O–H groups in total. The number of hydrogen-bond donors (Lipinski definition) is 1. The first-order valence-electron chi connectivity index (χ1n) is 15.3. The van der Waals surface area contributed by atoms with Gasteiger partial charge in [-0.3, -0.25) is 14.4 Å². The van der Waals surface area contributed by atoms with Gasteiger partial charge in [0.25, 0.3) is 5.91 Å². The highest BCUT2D eigenvalue weighted by Gasteiger charge is 2.82. The molecule has 8 heteroatoms. The van der Waals surface area contributed by atoms with Crippen LogP contribution in [-0.2, 0) is 19.1 Å². The molecule has 0 aromatic carbocycles. The quantitative estimate of drug-likeness (QED) is 0.414. The number of carbonyl (C=O) groups is 3. The average molecular weight is 571 g/mol. The Morgan fingerprint density at radius 2 is 1.68 bits per heavy atom. The van der Waals surface area contributed by atoms with Crippen LogP contribution in [-0.4, -0.2) is 40.6 Å². The van der Waals surface area contributed by atoms with Crippen molar-refractivity contribution in [3.05, 3.63) is 11.6 Å². The second-order valence-electron chi connectivity index (χ2n) is 16.4. The number of rotatable bonds is 2. The predicted octanol–water partition coefficient (Wildman–Crippen LogP) is 5.94. The van der Waals surface area contributed by atoms with Crippen molar-refractivity contribution < 1.29 is 27.9 Å². The molecule has 0 aromatic rings. The first-order chi connectivity index (χ1) is 18.7. The van der Waals surface area contributed by atoms with Gasteiger partial charge in [-0.05, 0) is 79.1 Å². The molecule has 224 valence electrons. The van der Waals surface area contributed by atoms with Gasteiger partial charge >= 0.3 is 5.92 Å². The number of hydrogen-bond acceptors (Lipinski definition) is 5. The third-order valence-electron chi connectivity index (χ3n) is 13.5. The van der Waals surface area contributed by atoms with E-state index in [0.717, 1.165) is 24.8 Å². The van der Waals surface area contributed by atoms with Crippen LogP contribution in [0.1, 0.15) is 100 Å². The van der Waals surface area contributed by atoms with Crippen LogP contribution < -0.4 is 5.32 Å². The molecule has 0 bridgehead atoms. The van der Waals surface area contributed by atoms with Crippen molar-refractivity contribution in [3.8, 4) is 6.07 Å². The molecule has 0 aromatic heterocycles. The number of nitrogens with one attached hydrogen (secondary N) is 1. The SMILES string of the molecule is CC1(C)CCC2(NC(=O)C(C)(F)F)CCC3(C)C(C(=O)C=C4C5(C)C(CCC43C)C(C)(C)C(=O)C3(C#N)OC35)C2C1. The van der Waals surface area contributed by atoms with Gasteiger partial charge in [0.15, 0.2) is 11.6 Å². The molecule has 6 aliphatic rings. The third kappa shape index (κ3) is 3.33. The van der Waals surface area contributed by atoms with E-state index in [1.807, 2.05) is 13.8 Å². The van der Waals surface area contributed by atoms with E-state index >= 15 is 0 Å². The molecule has 1 amide bonds. The minimum absolute atomic E-state index is 0.0240. The van der Waals surface area contributed by atoms with E-state index in [9.17, 15) is 28.4 Å². The summed E-state index contributed by atoms with van der Waals surface area (Å²) >= 11 is 0. The minimum atomic E-state index is -3.50. The molecule has 1 aliphatic heterocycles. The van der Waals surface area contributed by atoms with Gasteiger partial charge in [-0.1, -0.05) is 54.0 Å². The van der Waals surface area contributed by atoms with Crippen LogP contribution in [0.15, 0.2) is 11.6 Å². The van der Waals surface area contributed by atoms with Crippen molar-refractivity contribution in [1.82, 2.24) is 5.32 Å². The van der Waals surface area contributed by atoms with E-state index in [4.69, 9.17) is 4.74 Å². The summed E-state index contributed by atoms with van der Waals surface area (Å²) < 4.78 is 34.4. The van der Waals surface area contributed by atoms with Crippen molar-refractivity contribution in [3.63, 3.8) is 0 Å². The Balaban J connectivity index is 1.49. The average Bonchev–Trinajstić information content (AvgIpc) is 3.62. The number of nitriles is 1. The zero-order valence-corrected chi connectivity index (χ0v) is 25.7. The number of fused-ring (bicyclic) bond motifs is 9. The number of epoxide rings is 1. The first kappa shape index (κ1) is 29.0. The highest BCUT2D eigenvalue weighted by Crippen LogP contribution is 2.77. The van der Waals surface area contributed by atoms with E-state index in [-0.39, 0.29) is 28.8 Å². The molecule has 9 atom stereocenters. The fourth-order valence-electron chi connectivity index (χ4n) is 11.0. The molecule has 6 nitrogen and oxygen atoms in total. The summed E-state index contributed by atoms with van der Waals surface area (Å²) in [5, 5.41) is 12.9. The number of ether oxygens (including phenoxy) is 1. The lowest BCUT2D eigenvalue weighted by molar-refractivity contribution is -0.171. The van der Waals surface area contributed by atoms with E-state index < -0.39 is 56.7 Å². The van der Waals surface area contributed by atoms with Crippen LogP contribution in [0.2, 0.25) is 0 Å². The van der Waals surface area contributed by atoms with Gasteiger partial charge in [0.05, 0.1) is 0 Å². The summed E-state index contributed by atoms with van der Waals surface area (Å²) in [6.45, 7) is 15.3. The Hall–Kier alpha value is -2.14. The Morgan fingerprint density at radius 1 is 1.05 bits per heavy atom. The lowest BCUT2D eigenvalue weighted by atomic mass is 9.34. The van der Waals surface area contributed by atoms with Gasteiger partial charge in [0.2, 0.25) is 5.60 Å². The lowest BCUT2D eigenvalue weighted by Gasteiger charge is -2.69. The van der Waals surface area contributed by atoms with Crippen molar-refractivity contribution in [2.24, 2.45) is 44.8 Å². The fourth-order valence-corrected chi connectivity index (χ4v) is 11.0. The van der Waals surface area contributed by atoms with Crippen LogP contribution in [0, 0.1) is 56.2 Å². The Labute approximate surface area is 242 Å². The molecule has 1 saturated heterocycles. The number of nitrogens with zero attached hydrogens (tertiary/aromatic N) is 1. The van der Waals surface area contributed by atoms with Crippen molar-refractivity contribution in [2.75, 3.05) is 0 Å². The van der Waals surface area contributed by atoms with Crippen LogP contribution in [0.25, 0.3) is 0 Å². The molecular weight excluding hydrogens is 526 g/mol. The second kappa shape index (κ2) is 7.87. The number of ketones is 2. The number of Topliss-reactive ketones (excluding diaryl/α,β-unsaturated/α-hetero) is 1. The predicted molar refractivity (Wildman–Crippen MR) is 147 cm³/mol. The van der Waals surface area contributed by atoms with Gasteiger partial charge in [0, 0.05) is 29.2 Å². The zero-order chi connectivity index (χ0) is 30.4. The molecule has 0 radical (unpaired) electrons. The van der Waals surface area contributed by atoms with Gasteiger partial charge in [-0.2, -0.15) is 14.0 Å². The van der Waals surface area contributed by atoms with Crippen LogP contribution >= 0.6 is 0 Å². The third-order valence-corrected chi connectivity index (χ3v) is 13.5. The molecule has 0 spiro atoms. The van der Waals surface area contributed by atoms with E-state index in [2.05, 4.69) is 46.0 Å². The Bertz CT molecular complexity index is 1340. The molecule has 6 rings (SSSR count). The normalized spacial score (nSPS) is 49.1. The topological polar surface area (TPSA) is 99.6 Å². The fraction of sp³-hybridized carbons (Fsp3) is 0.818. The Morgan fingerprint density at radius 3 is 2.29 bits per heavy atom. The number of carbonyl (C=O) groups excluding carboxylic acids is 3. The molecule has 4 saturated carbocycles. The summed E-state index contributed by atoms with van der Waals surface area (Å²) in [5.41, 5.74) is -3.80. The minimum Gasteiger partial charge on any atom is -0.345 e. The largest absolute Gasteiger partial charge is 0.345 e. The van der Waals surface area contributed by atoms with E-state index in [1.54, 1.807) is 6.08 Å². The Kier molecular flexibility index (Phi) is 5.56. The van der Waals surface area contributed by atoms with Crippen molar-refractivity contribution in [2.45, 2.75) is 124 Å². The van der Waals surface area contributed by atoms with Gasteiger partial charge in [0.1, 0.15) is 12.2 Å². The summed E-state index contributed by atoms with van der Waals surface area (Å²) in [5.74, 6) is -5.74. The van der Waals surface area contributed by atoms with E-state index in [0.29, 0.717) is 32.6 Å². The number of alkyl halides is 2. The van der Waals surface area contributed by atoms with Gasteiger partial charge < -0.3 is 10.1 Å². The molecule has 1 heterocycles. The molecule has 41 heavy (non-hydrogen) atoms. The highest BCUT2D eigenvalue weighted by molar-refractivity contribution is 6.01. The highest BCUT2D eigenvalue weighted by atomic mass is 19.3. The maximum atomic E-state index is 14.5. The molecule has 5 fully saturated rings. The van der Waals surface area contributed by atoms with Crippen molar-refractivity contribution >= 4 is 17.5 Å². The molecular formula is C33H44F2N2O4. The smallest absolute Gasteiger partial charge is 0.321 e. The summed E-state index contributed by atoms with van der Waals surface area (Å²) in [7, 11) is 0. The summed E-state index contributed by atoms with van der Waals surface area (Å²) in [6, 6.07) is 2.20. The van der Waals surface area contributed by atoms with Crippen LogP contribution in [0.5, 0.6) is 0 Å². The lowest BCUT2D eigenvalue weighted by Crippen LogP contribution is -2.71. The summed E-state index contributed by atoms with van der Waals surface area (Å²) in [4.78, 5) is 40.8. The summed E-state index contributed by atoms with van der Waals surface area (Å²) in [6.07, 6.45) is 5.91. The van der Waals surface area contributed by atoms with Crippen LogP contribution in [0.3, 0.4) is 0 Å². The van der Waals surface area contributed by atoms with Gasteiger partial charge in [-0.25, -0.2) is 0 Å². The monoisotopic (exact) mass is 570 g/mol. The second-order valence-corrected chi connectivity index (χ2v) is 16.4. The first-order valence-corrected chi connectivity index (χ1v) is 15.3. The number of allylic oxidation sites excluding steroid dienone is 1. The zero-order valence-electron chi connectivity index (χ0n) is 25.7. The van der Waals surface area contributed by atoms with Crippen molar-refractivity contribution in [1.29, 1.82) is 5.26 Å². The van der Waals surface area contributed by atoms with E-state index in [1.165, 1.54) is 0 Å².